The first-order valence-electron chi connectivity index (χ1n) is 5.18. The predicted molar refractivity (Wildman–Crippen MR) is 61.0 cm³/mol. The summed E-state index contributed by atoms with van der Waals surface area (Å²) in [6, 6.07) is 1.74. The molecule has 0 aliphatic rings. The number of nitrogens with one attached hydrogen (secondary N) is 1. The Morgan fingerprint density at radius 3 is 2.87 bits per heavy atom. The minimum atomic E-state index is 0.229. The summed E-state index contributed by atoms with van der Waals surface area (Å²) < 4.78 is 4.99. The minimum Gasteiger partial charge on any atom is -0.481 e. The molecule has 0 saturated carbocycles. The summed E-state index contributed by atoms with van der Waals surface area (Å²) in [7, 11) is 1.56. The first kappa shape index (κ1) is 11.6. The van der Waals surface area contributed by atoms with Crippen molar-refractivity contribution in [3.8, 4) is 5.88 Å². The SMILES string of the molecule is CCCCCNc1cc(OC)nc(N)n1. The summed E-state index contributed by atoms with van der Waals surface area (Å²) in [5, 5.41) is 3.18. The molecule has 15 heavy (non-hydrogen) atoms. The average molecular weight is 210 g/mol. The molecule has 0 unspecified atom stereocenters. The molecule has 0 atom stereocenters. The Bertz CT molecular complexity index is 303. The summed E-state index contributed by atoms with van der Waals surface area (Å²) in [6.07, 6.45) is 3.55. The van der Waals surface area contributed by atoms with E-state index < -0.39 is 0 Å². The summed E-state index contributed by atoms with van der Waals surface area (Å²) in [5.41, 5.74) is 5.52. The molecule has 0 radical (unpaired) electrons. The van der Waals surface area contributed by atoms with E-state index in [9.17, 15) is 0 Å². The van der Waals surface area contributed by atoms with Crippen LogP contribution in [0, 0.1) is 0 Å². The zero-order valence-electron chi connectivity index (χ0n) is 9.29. The molecule has 0 aromatic carbocycles. The Morgan fingerprint density at radius 2 is 2.20 bits per heavy atom. The van der Waals surface area contributed by atoms with Crippen molar-refractivity contribution in [2.75, 3.05) is 24.7 Å². The van der Waals surface area contributed by atoms with Crippen LogP contribution in [0.1, 0.15) is 26.2 Å². The average Bonchev–Trinajstić information content (AvgIpc) is 2.23. The minimum absolute atomic E-state index is 0.229. The lowest BCUT2D eigenvalue weighted by Crippen LogP contribution is -2.06. The first-order chi connectivity index (χ1) is 7.26. The van der Waals surface area contributed by atoms with Crippen LogP contribution in [0.5, 0.6) is 5.88 Å². The number of nitrogen functional groups attached to an aromatic ring is 1. The van der Waals surface area contributed by atoms with Gasteiger partial charge in [-0.1, -0.05) is 19.8 Å². The van der Waals surface area contributed by atoms with E-state index in [0.717, 1.165) is 18.8 Å². The quantitative estimate of drug-likeness (QED) is 0.699. The van der Waals surface area contributed by atoms with Gasteiger partial charge < -0.3 is 15.8 Å². The van der Waals surface area contributed by atoms with E-state index in [1.165, 1.54) is 12.8 Å². The van der Waals surface area contributed by atoms with Crippen molar-refractivity contribution in [2.24, 2.45) is 0 Å². The van der Waals surface area contributed by atoms with E-state index in [1.807, 2.05) is 0 Å². The Morgan fingerprint density at radius 1 is 1.40 bits per heavy atom. The number of ether oxygens (including phenoxy) is 1. The van der Waals surface area contributed by atoms with Gasteiger partial charge in [0, 0.05) is 12.6 Å². The zero-order valence-corrected chi connectivity index (χ0v) is 9.29. The van der Waals surface area contributed by atoms with Crippen molar-refractivity contribution in [1.82, 2.24) is 9.97 Å². The zero-order chi connectivity index (χ0) is 11.1. The largest absolute Gasteiger partial charge is 0.481 e. The number of methoxy groups -OCH3 is 1. The van der Waals surface area contributed by atoms with Crippen molar-refractivity contribution in [3.63, 3.8) is 0 Å². The van der Waals surface area contributed by atoms with Crippen LogP contribution in [0.15, 0.2) is 6.07 Å². The highest BCUT2D eigenvalue weighted by molar-refractivity contribution is 5.42. The van der Waals surface area contributed by atoms with Crippen LogP contribution in [0.4, 0.5) is 11.8 Å². The van der Waals surface area contributed by atoms with Gasteiger partial charge in [0.1, 0.15) is 5.82 Å². The molecule has 0 bridgehead atoms. The number of aromatic nitrogens is 2. The molecule has 3 N–H and O–H groups in total. The number of unbranched alkanes of at least 4 members (excludes halogenated alkanes) is 2. The highest BCUT2D eigenvalue weighted by atomic mass is 16.5. The Labute approximate surface area is 90.1 Å². The van der Waals surface area contributed by atoms with Crippen LogP contribution >= 0.6 is 0 Å². The summed E-state index contributed by atoms with van der Waals surface area (Å²) in [4.78, 5) is 7.96. The fourth-order valence-corrected chi connectivity index (χ4v) is 1.23. The van der Waals surface area contributed by atoms with Crippen LogP contribution in [-0.2, 0) is 0 Å². The van der Waals surface area contributed by atoms with Crippen molar-refractivity contribution in [1.29, 1.82) is 0 Å². The highest BCUT2D eigenvalue weighted by Gasteiger charge is 2.01. The Hall–Kier alpha value is -1.52. The van der Waals surface area contributed by atoms with E-state index >= 15 is 0 Å². The van der Waals surface area contributed by atoms with Gasteiger partial charge in [-0.25, -0.2) is 0 Å². The monoisotopic (exact) mass is 210 g/mol. The first-order valence-corrected chi connectivity index (χ1v) is 5.18. The molecular formula is C10H18N4O. The van der Waals surface area contributed by atoms with Crippen LogP contribution in [-0.4, -0.2) is 23.6 Å². The molecule has 1 heterocycles. The maximum atomic E-state index is 5.52. The van der Waals surface area contributed by atoms with Gasteiger partial charge in [-0.05, 0) is 6.42 Å². The lowest BCUT2D eigenvalue weighted by Gasteiger charge is -2.07. The number of nitrogens with two attached hydrogens (primary N) is 1. The van der Waals surface area contributed by atoms with Crippen molar-refractivity contribution in [2.45, 2.75) is 26.2 Å². The van der Waals surface area contributed by atoms with Gasteiger partial charge in [0.25, 0.3) is 0 Å². The van der Waals surface area contributed by atoms with Gasteiger partial charge in [0.2, 0.25) is 11.8 Å². The number of nitrogens with zero attached hydrogens (tertiary/aromatic N) is 2. The highest BCUT2D eigenvalue weighted by Crippen LogP contribution is 2.13. The standard InChI is InChI=1S/C10H18N4O/c1-3-4-5-6-12-8-7-9(15-2)14-10(11)13-8/h7H,3-6H2,1-2H3,(H3,11,12,13,14). The second-order valence-corrected chi connectivity index (χ2v) is 3.29. The van der Waals surface area contributed by atoms with Gasteiger partial charge in [0.15, 0.2) is 0 Å². The molecule has 1 rings (SSSR count). The van der Waals surface area contributed by atoms with Gasteiger partial charge in [-0.3, -0.25) is 0 Å². The third-order valence-corrected chi connectivity index (χ3v) is 2.02. The van der Waals surface area contributed by atoms with Gasteiger partial charge in [0.05, 0.1) is 7.11 Å². The number of rotatable bonds is 6. The molecule has 1 aromatic heterocycles. The number of anilines is 2. The molecular weight excluding hydrogens is 192 g/mol. The topological polar surface area (TPSA) is 73.1 Å². The lowest BCUT2D eigenvalue weighted by molar-refractivity contribution is 0.398. The maximum Gasteiger partial charge on any atom is 0.225 e. The molecule has 5 heteroatoms. The van der Waals surface area contributed by atoms with Crippen LogP contribution in [0.2, 0.25) is 0 Å². The summed E-state index contributed by atoms with van der Waals surface area (Å²) >= 11 is 0. The molecule has 0 amide bonds. The van der Waals surface area contributed by atoms with Crippen molar-refractivity contribution >= 4 is 11.8 Å². The molecule has 0 aliphatic carbocycles. The smallest absolute Gasteiger partial charge is 0.225 e. The normalized spacial score (nSPS) is 10.0. The fraction of sp³-hybridized carbons (Fsp3) is 0.600. The third-order valence-electron chi connectivity index (χ3n) is 2.02. The molecule has 0 fully saturated rings. The van der Waals surface area contributed by atoms with E-state index in [-0.39, 0.29) is 5.95 Å². The van der Waals surface area contributed by atoms with Crippen LogP contribution in [0.3, 0.4) is 0 Å². The van der Waals surface area contributed by atoms with Crippen LogP contribution < -0.4 is 15.8 Å². The van der Waals surface area contributed by atoms with E-state index in [4.69, 9.17) is 10.5 Å². The van der Waals surface area contributed by atoms with E-state index in [1.54, 1.807) is 13.2 Å². The number of hydrogen-bond acceptors (Lipinski definition) is 5. The molecule has 5 nitrogen and oxygen atoms in total. The number of hydrogen-bond donors (Lipinski definition) is 2. The summed E-state index contributed by atoms with van der Waals surface area (Å²) in [6.45, 7) is 3.07. The van der Waals surface area contributed by atoms with Gasteiger partial charge >= 0.3 is 0 Å². The van der Waals surface area contributed by atoms with Gasteiger partial charge in [-0.2, -0.15) is 9.97 Å². The van der Waals surface area contributed by atoms with Gasteiger partial charge in [-0.15, -0.1) is 0 Å². The predicted octanol–water partition coefficient (Wildman–Crippen LogP) is 1.67. The van der Waals surface area contributed by atoms with Crippen LogP contribution in [0.25, 0.3) is 0 Å². The fourth-order valence-electron chi connectivity index (χ4n) is 1.23. The second-order valence-electron chi connectivity index (χ2n) is 3.29. The van der Waals surface area contributed by atoms with E-state index in [2.05, 4.69) is 22.2 Å². The molecule has 1 aromatic rings. The maximum absolute atomic E-state index is 5.52. The molecule has 0 aliphatic heterocycles. The Kier molecular flexibility index (Phi) is 4.66. The molecule has 0 saturated heterocycles. The second kappa shape index (κ2) is 6.06. The Balaban J connectivity index is 2.49. The molecule has 0 spiro atoms. The lowest BCUT2D eigenvalue weighted by atomic mass is 10.2. The third kappa shape index (κ3) is 4.01. The van der Waals surface area contributed by atoms with E-state index in [0.29, 0.717) is 5.88 Å². The van der Waals surface area contributed by atoms with Crippen molar-refractivity contribution < 1.29 is 4.74 Å². The summed E-state index contributed by atoms with van der Waals surface area (Å²) in [5.74, 6) is 1.43. The molecule has 84 valence electrons. The van der Waals surface area contributed by atoms with Crippen molar-refractivity contribution in [3.05, 3.63) is 6.07 Å².